The van der Waals surface area contributed by atoms with Gasteiger partial charge < -0.3 is 5.11 Å². The molecular formula is C18H16N2O2. The van der Waals surface area contributed by atoms with E-state index in [0.717, 1.165) is 41.6 Å². The van der Waals surface area contributed by atoms with Crippen LogP contribution in [0.1, 0.15) is 23.6 Å². The Bertz CT molecular complexity index is 800. The highest BCUT2D eigenvalue weighted by Gasteiger charge is 2.43. The van der Waals surface area contributed by atoms with Crippen molar-refractivity contribution in [3.05, 3.63) is 51.9 Å². The van der Waals surface area contributed by atoms with E-state index in [4.69, 9.17) is 0 Å². The Kier molecular flexibility index (Phi) is 2.60. The predicted octanol–water partition coefficient (Wildman–Crippen LogP) is 3.32. The van der Waals surface area contributed by atoms with E-state index in [0.29, 0.717) is 0 Å². The molecule has 2 aromatic carbocycles. The van der Waals surface area contributed by atoms with Gasteiger partial charge in [0, 0.05) is 28.8 Å². The van der Waals surface area contributed by atoms with Gasteiger partial charge in [0.25, 0.3) is 0 Å². The number of fused-ring (bicyclic) bond motifs is 2. The molecule has 110 valence electrons. The lowest BCUT2D eigenvalue weighted by atomic mass is 9.70. The smallest absolute Gasteiger partial charge is 0.152 e. The van der Waals surface area contributed by atoms with Gasteiger partial charge in [-0.1, -0.05) is 18.2 Å². The van der Waals surface area contributed by atoms with Crippen LogP contribution in [0.25, 0.3) is 11.1 Å². The van der Waals surface area contributed by atoms with Gasteiger partial charge in [-0.3, -0.25) is 4.90 Å². The van der Waals surface area contributed by atoms with Crippen LogP contribution in [0.3, 0.4) is 0 Å². The summed E-state index contributed by atoms with van der Waals surface area (Å²) >= 11 is 0. The lowest BCUT2D eigenvalue weighted by Crippen LogP contribution is -2.49. The van der Waals surface area contributed by atoms with Crippen molar-refractivity contribution in [2.45, 2.75) is 25.3 Å². The van der Waals surface area contributed by atoms with Crippen LogP contribution in [-0.2, 0) is 18.4 Å². The van der Waals surface area contributed by atoms with E-state index >= 15 is 0 Å². The third-order valence-corrected chi connectivity index (χ3v) is 5.23. The number of hydrogen-bond donors (Lipinski definition) is 1. The normalized spacial score (nSPS) is 22.5. The van der Waals surface area contributed by atoms with E-state index in [2.05, 4.69) is 36.2 Å². The molecule has 0 spiro atoms. The SMILES string of the molecule is CN1CCc2c#ccc3c2[C@@]1(C)Cc1ccc(N=O)c(O)c1-3. The first-order valence-corrected chi connectivity index (χ1v) is 7.42. The minimum Gasteiger partial charge on any atom is -0.505 e. The Morgan fingerprint density at radius 2 is 2.23 bits per heavy atom. The summed E-state index contributed by atoms with van der Waals surface area (Å²) in [6.07, 6.45) is 1.72. The highest BCUT2D eigenvalue weighted by atomic mass is 16.3. The van der Waals surface area contributed by atoms with Crippen LogP contribution in [0.2, 0.25) is 0 Å². The lowest BCUT2D eigenvalue weighted by molar-refractivity contribution is 0.122. The molecule has 0 aromatic heterocycles. The zero-order chi connectivity index (χ0) is 15.5. The standard InChI is InChI=1S/C18H16N2O2/c1-18-10-12-6-7-14(19-22)17(21)15(12)13-5-3-4-11(16(13)18)8-9-20(18)2/h5-7,21H,8-10H2,1-2H3/t18-/m1/s1. The molecular weight excluding hydrogens is 276 g/mol. The number of aromatic hydroxyl groups is 1. The third kappa shape index (κ3) is 1.52. The summed E-state index contributed by atoms with van der Waals surface area (Å²) in [4.78, 5) is 13.3. The fourth-order valence-corrected chi connectivity index (χ4v) is 3.95. The van der Waals surface area contributed by atoms with Crippen molar-refractivity contribution in [3.63, 3.8) is 0 Å². The molecule has 4 rings (SSSR count). The Morgan fingerprint density at radius 3 is 3.00 bits per heavy atom. The second-order valence-electron chi connectivity index (χ2n) is 6.36. The Morgan fingerprint density at radius 1 is 1.41 bits per heavy atom. The summed E-state index contributed by atoms with van der Waals surface area (Å²) in [6.45, 7) is 3.21. The highest BCUT2D eigenvalue weighted by Crippen LogP contribution is 2.51. The third-order valence-electron chi connectivity index (χ3n) is 5.23. The van der Waals surface area contributed by atoms with Crippen molar-refractivity contribution < 1.29 is 5.11 Å². The monoisotopic (exact) mass is 292 g/mol. The fourth-order valence-electron chi connectivity index (χ4n) is 3.95. The summed E-state index contributed by atoms with van der Waals surface area (Å²) in [6, 6.07) is 11.7. The maximum absolute atomic E-state index is 10.9. The average molecular weight is 292 g/mol. The Labute approximate surface area is 129 Å². The van der Waals surface area contributed by atoms with Crippen molar-refractivity contribution in [1.29, 1.82) is 0 Å². The van der Waals surface area contributed by atoms with Crippen molar-refractivity contribution in [2.24, 2.45) is 5.18 Å². The Hall–Kier alpha value is -2.38. The van der Waals surface area contributed by atoms with E-state index in [1.807, 2.05) is 12.1 Å². The first-order chi connectivity index (χ1) is 10.6. The van der Waals surface area contributed by atoms with E-state index in [-0.39, 0.29) is 17.0 Å². The molecule has 22 heavy (non-hydrogen) atoms. The number of benzene rings is 1. The lowest BCUT2D eigenvalue weighted by Gasteiger charge is -2.47. The maximum atomic E-state index is 10.9. The van der Waals surface area contributed by atoms with Crippen LogP contribution in [0.15, 0.2) is 23.4 Å². The molecule has 0 saturated heterocycles. The van der Waals surface area contributed by atoms with Gasteiger partial charge in [0.15, 0.2) is 5.75 Å². The number of rotatable bonds is 1. The zero-order valence-electron chi connectivity index (χ0n) is 12.6. The minimum atomic E-state index is -0.121. The zero-order valence-corrected chi connectivity index (χ0v) is 12.6. The van der Waals surface area contributed by atoms with Crippen molar-refractivity contribution in [3.8, 4) is 16.9 Å². The minimum absolute atomic E-state index is 0.0235. The number of likely N-dealkylation sites (N-methyl/N-ethyl adjacent to an activating group) is 1. The summed E-state index contributed by atoms with van der Waals surface area (Å²) < 4.78 is 0. The molecule has 0 bridgehead atoms. The number of nitroso groups, excluding NO2 is 1. The molecule has 1 aliphatic carbocycles. The first-order valence-electron chi connectivity index (χ1n) is 7.42. The largest absolute Gasteiger partial charge is 0.505 e. The summed E-state index contributed by atoms with van der Waals surface area (Å²) in [5.74, 6) is -0.0235. The van der Waals surface area contributed by atoms with Gasteiger partial charge in [-0.15, -0.1) is 4.91 Å². The molecule has 0 unspecified atom stereocenters. The van der Waals surface area contributed by atoms with Gasteiger partial charge in [0.2, 0.25) is 0 Å². The molecule has 0 amide bonds. The highest BCUT2D eigenvalue weighted by molar-refractivity contribution is 5.84. The predicted molar refractivity (Wildman–Crippen MR) is 84.1 cm³/mol. The number of phenols is 1. The molecule has 0 radical (unpaired) electrons. The van der Waals surface area contributed by atoms with Crippen LogP contribution in [0.5, 0.6) is 5.75 Å². The van der Waals surface area contributed by atoms with Crippen LogP contribution in [0.4, 0.5) is 5.69 Å². The maximum Gasteiger partial charge on any atom is 0.152 e. The summed E-state index contributed by atoms with van der Waals surface area (Å²) in [7, 11) is 2.13. The van der Waals surface area contributed by atoms with E-state index < -0.39 is 0 Å². The van der Waals surface area contributed by atoms with Crippen LogP contribution in [-0.4, -0.2) is 23.6 Å². The number of hydrogen-bond acceptors (Lipinski definition) is 4. The first kappa shape index (κ1) is 13.3. The summed E-state index contributed by atoms with van der Waals surface area (Å²) in [5.41, 5.74) is 5.05. The summed E-state index contributed by atoms with van der Waals surface area (Å²) in [5, 5.41) is 13.4. The molecule has 1 heterocycles. The topological polar surface area (TPSA) is 52.9 Å². The molecule has 0 fully saturated rings. The van der Waals surface area contributed by atoms with Crippen molar-refractivity contribution in [2.75, 3.05) is 13.6 Å². The van der Waals surface area contributed by atoms with Crippen LogP contribution < -0.4 is 0 Å². The average Bonchev–Trinajstić information content (AvgIpc) is 2.51. The van der Waals surface area contributed by atoms with Crippen molar-refractivity contribution in [1.82, 2.24) is 4.90 Å². The van der Waals surface area contributed by atoms with Crippen LogP contribution in [0, 0.1) is 17.0 Å². The van der Waals surface area contributed by atoms with Gasteiger partial charge in [0.1, 0.15) is 5.69 Å². The van der Waals surface area contributed by atoms with Gasteiger partial charge in [-0.2, -0.15) is 0 Å². The second kappa shape index (κ2) is 4.31. The van der Waals surface area contributed by atoms with E-state index in [1.54, 1.807) is 6.07 Å². The molecule has 1 aliphatic heterocycles. The van der Waals surface area contributed by atoms with E-state index in [1.165, 1.54) is 5.56 Å². The molecule has 1 N–H and O–H groups in total. The number of phenolic OH excluding ortho intramolecular Hbond substituents is 1. The molecule has 4 heteroatoms. The van der Waals surface area contributed by atoms with Gasteiger partial charge in [-0.25, -0.2) is 0 Å². The second-order valence-corrected chi connectivity index (χ2v) is 6.36. The molecule has 1 atom stereocenters. The van der Waals surface area contributed by atoms with Gasteiger partial charge in [0.05, 0.1) is 0 Å². The van der Waals surface area contributed by atoms with Gasteiger partial charge >= 0.3 is 0 Å². The molecule has 4 nitrogen and oxygen atoms in total. The van der Waals surface area contributed by atoms with E-state index in [9.17, 15) is 10.0 Å². The quantitative estimate of drug-likeness (QED) is 0.820. The molecule has 2 aromatic rings. The number of nitrogens with zero attached hydrogens (tertiary/aromatic N) is 2. The van der Waals surface area contributed by atoms with Crippen LogP contribution >= 0.6 is 0 Å². The molecule has 0 saturated carbocycles. The Balaban J connectivity index is 2.09. The molecule has 2 aliphatic rings. The van der Waals surface area contributed by atoms with Crippen molar-refractivity contribution >= 4 is 5.69 Å². The fraction of sp³-hybridized carbons (Fsp3) is 0.333. The van der Waals surface area contributed by atoms with Gasteiger partial charge in [-0.05, 0) is 55.2 Å².